The van der Waals surface area contributed by atoms with Gasteiger partial charge in [0.05, 0.1) is 11.7 Å². The van der Waals surface area contributed by atoms with Crippen LogP contribution in [0.1, 0.15) is 13.3 Å². The van der Waals surface area contributed by atoms with Crippen LogP contribution in [0.5, 0.6) is 0 Å². The standard InChI is InChI=1S/C9H12N2S2/c1-7-2-5-13-9(10-7)11-8-3-4-12-6-8/h3-4,6-7H,2,5H2,1H3,(H,10,11). The molecule has 4 heteroatoms. The molecule has 2 nitrogen and oxygen atoms in total. The van der Waals surface area contributed by atoms with Gasteiger partial charge in [0.2, 0.25) is 0 Å². The Bertz CT molecular complexity index is 293. The first kappa shape index (κ1) is 9.09. The van der Waals surface area contributed by atoms with Crippen LogP contribution in [-0.4, -0.2) is 17.0 Å². The molecule has 0 radical (unpaired) electrons. The first-order valence-corrected chi connectivity index (χ1v) is 6.27. The highest BCUT2D eigenvalue weighted by molar-refractivity contribution is 8.14. The lowest BCUT2D eigenvalue weighted by molar-refractivity contribution is 0.720. The molecule has 1 aromatic rings. The van der Waals surface area contributed by atoms with E-state index in [9.17, 15) is 0 Å². The smallest absolute Gasteiger partial charge is 0.161 e. The number of nitrogens with one attached hydrogen (secondary N) is 1. The Morgan fingerprint density at radius 1 is 1.62 bits per heavy atom. The van der Waals surface area contributed by atoms with E-state index in [1.54, 1.807) is 11.3 Å². The van der Waals surface area contributed by atoms with Crippen LogP contribution in [0, 0.1) is 0 Å². The number of amidine groups is 1. The number of anilines is 1. The van der Waals surface area contributed by atoms with E-state index in [0.717, 1.165) is 10.9 Å². The van der Waals surface area contributed by atoms with E-state index in [1.807, 2.05) is 11.8 Å². The first-order valence-electron chi connectivity index (χ1n) is 4.34. The SMILES string of the molecule is CC1CCSC(Nc2ccsc2)=N1. The minimum absolute atomic E-state index is 0.474. The average molecular weight is 212 g/mol. The van der Waals surface area contributed by atoms with Crippen molar-refractivity contribution in [3.8, 4) is 0 Å². The summed E-state index contributed by atoms with van der Waals surface area (Å²) in [5.74, 6) is 1.18. The van der Waals surface area contributed by atoms with Crippen molar-refractivity contribution >= 4 is 34.0 Å². The van der Waals surface area contributed by atoms with Gasteiger partial charge in [0.25, 0.3) is 0 Å². The Balaban J connectivity index is 2.02. The number of hydrogen-bond acceptors (Lipinski definition) is 4. The summed E-state index contributed by atoms with van der Waals surface area (Å²) < 4.78 is 0. The summed E-state index contributed by atoms with van der Waals surface area (Å²) in [5, 5.41) is 8.55. The van der Waals surface area contributed by atoms with Crippen molar-refractivity contribution in [1.82, 2.24) is 0 Å². The summed E-state index contributed by atoms with van der Waals surface area (Å²) in [6.07, 6.45) is 1.19. The van der Waals surface area contributed by atoms with Crippen LogP contribution in [0.3, 0.4) is 0 Å². The van der Waals surface area contributed by atoms with Crippen LogP contribution in [0.4, 0.5) is 5.69 Å². The maximum Gasteiger partial charge on any atom is 0.161 e. The zero-order chi connectivity index (χ0) is 9.10. The van der Waals surface area contributed by atoms with Crippen molar-refractivity contribution in [2.75, 3.05) is 11.1 Å². The maximum atomic E-state index is 4.53. The minimum atomic E-state index is 0.474. The largest absolute Gasteiger partial charge is 0.334 e. The predicted molar refractivity (Wildman–Crippen MR) is 61.9 cm³/mol. The molecule has 0 fully saturated rings. The highest BCUT2D eigenvalue weighted by Crippen LogP contribution is 2.20. The topological polar surface area (TPSA) is 24.4 Å². The van der Waals surface area contributed by atoms with Crippen molar-refractivity contribution in [2.24, 2.45) is 4.99 Å². The van der Waals surface area contributed by atoms with Gasteiger partial charge < -0.3 is 5.32 Å². The molecule has 70 valence electrons. The summed E-state index contributed by atoms with van der Waals surface area (Å²) in [4.78, 5) is 4.53. The molecule has 0 amide bonds. The number of rotatable bonds is 1. The third-order valence-electron chi connectivity index (χ3n) is 1.88. The van der Waals surface area contributed by atoms with Crippen LogP contribution >= 0.6 is 23.1 Å². The molecule has 1 aliphatic rings. The van der Waals surface area contributed by atoms with Crippen molar-refractivity contribution in [3.05, 3.63) is 16.8 Å². The normalized spacial score (nSPS) is 22.5. The molecule has 2 rings (SSSR count). The summed E-state index contributed by atoms with van der Waals surface area (Å²) in [5.41, 5.74) is 1.16. The van der Waals surface area contributed by atoms with E-state index >= 15 is 0 Å². The molecular weight excluding hydrogens is 200 g/mol. The summed E-state index contributed by atoms with van der Waals surface area (Å²) in [6.45, 7) is 2.16. The van der Waals surface area contributed by atoms with E-state index in [-0.39, 0.29) is 0 Å². The molecule has 13 heavy (non-hydrogen) atoms. The second-order valence-electron chi connectivity index (χ2n) is 3.06. The quantitative estimate of drug-likeness (QED) is 0.773. The fraction of sp³-hybridized carbons (Fsp3) is 0.444. The first-order chi connectivity index (χ1) is 6.34. The number of aliphatic imine (C=N–C) groups is 1. The van der Waals surface area contributed by atoms with Crippen LogP contribution in [0.25, 0.3) is 0 Å². The van der Waals surface area contributed by atoms with Crippen LogP contribution in [0.15, 0.2) is 21.8 Å². The van der Waals surface area contributed by atoms with Crippen LogP contribution < -0.4 is 5.32 Å². The van der Waals surface area contributed by atoms with Gasteiger partial charge >= 0.3 is 0 Å². The van der Waals surface area contributed by atoms with Gasteiger partial charge in [-0.2, -0.15) is 11.3 Å². The van der Waals surface area contributed by atoms with E-state index in [0.29, 0.717) is 6.04 Å². The predicted octanol–water partition coefficient (Wildman–Crippen LogP) is 3.04. The molecular formula is C9H12N2S2. The number of hydrogen-bond donors (Lipinski definition) is 1. The molecule has 0 aliphatic carbocycles. The maximum absolute atomic E-state index is 4.53. The van der Waals surface area contributed by atoms with E-state index in [4.69, 9.17) is 0 Å². The third-order valence-corrected chi connectivity index (χ3v) is 3.49. The minimum Gasteiger partial charge on any atom is -0.334 e. The van der Waals surface area contributed by atoms with Gasteiger partial charge in [0.1, 0.15) is 0 Å². The van der Waals surface area contributed by atoms with Gasteiger partial charge in [-0.15, -0.1) is 0 Å². The molecule has 1 N–H and O–H groups in total. The molecule has 0 saturated carbocycles. The third kappa shape index (κ3) is 2.48. The molecule has 1 atom stereocenters. The fourth-order valence-electron chi connectivity index (χ4n) is 1.16. The Morgan fingerprint density at radius 3 is 3.23 bits per heavy atom. The Hall–Kier alpha value is -0.480. The van der Waals surface area contributed by atoms with Gasteiger partial charge in [-0.1, -0.05) is 11.8 Å². The summed E-state index contributed by atoms with van der Waals surface area (Å²) in [7, 11) is 0. The van der Waals surface area contributed by atoms with Gasteiger partial charge in [-0.05, 0) is 24.8 Å². The molecule has 0 spiro atoms. The van der Waals surface area contributed by atoms with Crippen molar-refractivity contribution in [2.45, 2.75) is 19.4 Å². The van der Waals surface area contributed by atoms with Crippen molar-refractivity contribution in [3.63, 3.8) is 0 Å². The van der Waals surface area contributed by atoms with E-state index in [1.165, 1.54) is 12.2 Å². The average Bonchev–Trinajstić information content (AvgIpc) is 2.57. The number of thioether (sulfide) groups is 1. The van der Waals surface area contributed by atoms with Gasteiger partial charge in [-0.25, -0.2) is 0 Å². The number of thiophene rings is 1. The van der Waals surface area contributed by atoms with Crippen molar-refractivity contribution in [1.29, 1.82) is 0 Å². The molecule has 2 heterocycles. The Labute approximate surface area is 86.5 Å². The molecule has 0 saturated heterocycles. The van der Waals surface area contributed by atoms with Gasteiger partial charge in [0, 0.05) is 11.1 Å². The molecule has 0 aromatic carbocycles. The Morgan fingerprint density at radius 2 is 2.54 bits per heavy atom. The van der Waals surface area contributed by atoms with Crippen molar-refractivity contribution < 1.29 is 0 Å². The van der Waals surface area contributed by atoms with Gasteiger partial charge in [0.15, 0.2) is 5.17 Å². The fourth-order valence-corrected chi connectivity index (χ4v) is 2.84. The lowest BCUT2D eigenvalue weighted by Crippen LogP contribution is -2.17. The molecule has 1 unspecified atom stereocenters. The molecule has 1 aliphatic heterocycles. The molecule has 0 bridgehead atoms. The zero-order valence-electron chi connectivity index (χ0n) is 7.49. The van der Waals surface area contributed by atoms with Crippen LogP contribution in [-0.2, 0) is 0 Å². The highest BCUT2D eigenvalue weighted by atomic mass is 32.2. The second-order valence-corrected chi connectivity index (χ2v) is 4.92. The van der Waals surface area contributed by atoms with E-state index in [2.05, 4.69) is 34.1 Å². The second kappa shape index (κ2) is 4.15. The Kier molecular flexibility index (Phi) is 2.90. The van der Waals surface area contributed by atoms with Gasteiger partial charge in [-0.3, -0.25) is 4.99 Å². The number of nitrogens with zero attached hydrogens (tertiary/aromatic N) is 1. The summed E-state index contributed by atoms with van der Waals surface area (Å²) >= 11 is 3.51. The lowest BCUT2D eigenvalue weighted by Gasteiger charge is -2.16. The monoisotopic (exact) mass is 212 g/mol. The van der Waals surface area contributed by atoms with Crippen LogP contribution in [0.2, 0.25) is 0 Å². The summed E-state index contributed by atoms with van der Waals surface area (Å²) in [6, 6.07) is 2.55. The zero-order valence-corrected chi connectivity index (χ0v) is 9.12. The van der Waals surface area contributed by atoms with E-state index < -0.39 is 0 Å². The highest BCUT2D eigenvalue weighted by Gasteiger charge is 2.11. The molecule has 1 aromatic heterocycles. The lowest BCUT2D eigenvalue weighted by atomic mass is 10.3.